The number of ether oxygens (including phenoxy) is 5. The number of hydrogen-bond acceptors (Lipinski definition) is 7. The van der Waals surface area contributed by atoms with Gasteiger partial charge in [-0.3, -0.25) is 0 Å². The summed E-state index contributed by atoms with van der Waals surface area (Å²) in [7, 11) is 0. The van der Waals surface area contributed by atoms with Gasteiger partial charge in [-0.05, 0) is 48.5 Å². The molecule has 0 aliphatic carbocycles. The van der Waals surface area contributed by atoms with E-state index in [0.29, 0.717) is 17.2 Å². The van der Waals surface area contributed by atoms with E-state index < -0.39 is 42.7 Å². The van der Waals surface area contributed by atoms with Gasteiger partial charge in [-0.15, -0.1) is 0 Å². The fourth-order valence-electron chi connectivity index (χ4n) is 4.57. The molecular formula is C32H30F2O7. The zero-order chi connectivity index (χ0) is 28.7. The highest BCUT2D eigenvalue weighted by Crippen LogP contribution is 2.39. The number of aliphatic hydroxyl groups excluding tert-OH is 1. The molecule has 1 aliphatic rings. The molecule has 1 heterocycles. The fraction of sp³-hybridized carbons (Fsp3) is 0.250. The van der Waals surface area contributed by atoms with Crippen LogP contribution in [0.3, 0.4) is 0 Å². The molecule has 5 rings (SSSR count). The van der Waals surface area contributed by atoms with Gasteiger partial charge >= 0.3 is 5.92 Å². The van der Waals surface area contributed by atoms with Gasteiger partial charge in [0, 0.05) is 0 Å². The van der Waals surface area contributed by atoms with Crippen LogP contribution in [0.1, 0.15) is 0 Å². The summed E-state index contributed by atoms with van der Waals surface area (Å²) in [5.74, 6) is -2.59. The maximum Gasteiger partial charge on any atom is 0.326 e. The SMILES string of the molecule is OC(O)C(F)(F)[C@@H]1O[C@H](COc2ccccc2)[C@@H](Oc2ccccc2)[C@H](Oc2ccccc2)[C@H]1Oc1ccccc1. The van der Waals surface area contributed by atoms with Crippen molar-refractivity contribution in [3.05, 3.63) is 121 Å². The third kappa shape index (κ3) is 6.94. The van der Waals surface area contributed by atoms with Crippen LogP contribution in [-0.2, 0) is 4.74 Å². The predicted octanol–water partition coefficient (Wildman–Crippen LogP) is 5.12. The van der Waals surface area contributed by atoms with E-state index >= 15 is 8.78 Å². The summed E-state index contributed by atoms with van der Waals surface area (Å²) in [6.07, 6.45) is -10.1. The molecule has 1 fully saturated rings. The average Bonchev–Trinajstić information content (AvgIpc) is 3.00. The van der Waals surface area contributed by atoms with Gasteiger partial charge in [0.25, 0.3) is 0 Å². The van der Waals surface area contributed by atoms with Gasteiger partial charge in [-0.2, -0.15) is 8.78 Å². The van der Waals surface area contributed by atoms with Crippen LogP contribution < -0.4 is 18.9 Å². The molecule has 0 amide bonds. The van der Waals surface area contributed by atoms with Crippen molar-refractivity contribution in [2.24, 2.45) is 0 Å². The molecule has 4 aromatic carbocycles. The first kappa shape index (κ1) is 28.4. The molecule has 0 aromatic heterocycles. The molecule has 0 bridgehead atoms. The minimum Gasteiger partial charge on any atom is -0.491 e. The van der Waals surface area contributed by atoms with Crippen LogP contribution in [0.25, 0.3) is 0 Å². The third-order valence-electron chi connectivity index (χ3n) is 6.56. The maximum absolute atomic E-state index is 15.5. The fourth-order valence-corrected chi connectivity index (χ4v) is 4.57. The molecule has 5 atom stereocenters. The Labute approximate surface area is 236 Å². The van der Waals surface area contributed by atoms with Crippen molar-refractivity contribution in [3.8, 4) is 23.0 Å². The maximum atomic E-state index is 15.5. The second kappa shape index (κ2) is 13.0. The minimum absolute atomic E-state index is 0.206. The van der Waals surface area contributed by atoms with E-state index in [1.54, 1.807) is 109 Å². The van der Waals surface area contributed by atoms with Crippen molar-refractivity contribution in [1.29, 1.82) is 0 Å². The van der Waals surface area contributed by atoms with Crippen LogP contribution in [0.15, 0.2) is 121 Å². The van der Waals surface area contributed by atoms with Gasteiger partial charge in [0.05, 0.1) is 0 Å². The smallest absolute Gasteiger partial charge is 0.326 e. The average molecular weight is 565 g/mol. The van der Waals surface area contributed by atoms with Crippen LogP contribution in [0, 0.1) is 0 Å². The molecule has 0 radical (unpaired) electrons. The monoisotopic (exact) mass is 564 g/mol. The van der Waals surface area contributed by atoms with Crippen LogP contribution in [0.2, 0.25) is 0 Å². The van der Waals surface area contributed by atoms with Crippen molar-refractivity contribution in [2.45, 2.75) is 42.7 Å². The van der Waals surface area contributed by atoms with E-state index in [2.05, 4.69) is 0 Å². The topological polar surface area (TPSA) is 86.6 Å². The summed E-state index contributed by atoms with van der Waals surface area (Å²) in [6, 6.07) is 34.6. The first-order valence-corrected chi connectivity index (χ1v) is 13.1. The lowest BCUT2D eigenvalue weighted by atomic mass is 9.90. The molecule has 7 nitrogen and oxygen atoms in total. The van der Waals surface area contributed by atoms with Gasteiger partial charge < -0.3 is 33.9 Å². The zero-order valence-electron chi connectivity index (χ0n) is 21.9. The number of halogens is 2. The lowest BCUT2D eigenvalue weighted by molar-refractivity contribution is -0.314. The molecule has 214 valence electrons. The number of aliphatic hydroxyl groups is 2. The summed E-state index contributed by atoms with van der Waals surface area (Å²) in [5, 5.41) is 19.5. The van der Waals surface area contributed by atoms with Crippen molar-refractivity contribution < 1.29 is 42.7 Å². The highest BCUT2D eigenvalue weighted by atomic mass is 19.3. The molecule has 0 unspecified atom stereocenters. The zero-order valence-corrected chi connectivity index (χ0v) is 21.9. The second-order valence-corrected chi connectivity index (χ2v) is 9.45. The molecule has 0 spiro atoms. The van der Waals surface area contributed by atoms with E-state index in [4.69, 9.17) is 23.7 Å². The summed E-state index contributed by atoms with van der Waals surface area (Å²) in [6.45, 7) is -0.206. The van der Waals surface area contributed by atoms with Gasteiger partial charge in [0.1, 0.15) is 35.7 Å². The Kier molecular flexibility index (Phi) is 8.98. The Balaban J connectivity index is 1.58. The van der Waals surface area contributed by atoms with E-state index in [1.807, 2.05) is 12.1 Å². The van der Waals surface area contributed by atoms with Crippen LogP contribution >= 0.6 is 0 Å². The summed E-state index contributed by atoms with van der Waals surface area (Å²) >= 11 is 0. The van der Waals surface area contributed by atoms with Crippen LogP contribution in [-0.4, -0.2) is 59.6 Å². The third-order valence-corrected chi connectivity index (χ3v) is 6.56. The van der Waals surface area contributed by atoms with Gasteiger partial charge in [-0.1, -0.05) is 72.8 Å². The van der Waals surface area contributed by atoms with Gasteiger partial charge in [0.2, 0.25) is 6.29 Å². The first-order chi connectivity index (χ1) is 19.9. The van der Waals surface area contributed by atoms with Crippen LogP contribution in [0.4, 0.5) is 8.78 Å². The Hall–Kier alpha value is -4.18. The molecule has 0 saturated carbocycles. The second-order valence-electron chi connectivity index (χ2n) is 9.45. The first-order valence-electron chi connectivity index (χ1n) is 13.1. The van der Waals surface area contributed by atoms with Crippen molar-refractivity contribution in [3.63, 3.8) is 0 Å². The van der Waals surface area contributed by atoms with Crippen molar-refractivity contribution >= 4 is 0 Å². The minimum atomic E-state index is -4.15. The standard InChI is InChI=1S/C32H30F2O7/c33-32(34,31(35)36)30-29(40-25-19-11-4-12-20-25)28(39-24-17-9-3-10-18-24)27(38-23-15-7-2-8-16-23)26(41-30)21-37-22-13-5-1-6-14-22/h1-20,26-31,35-36H,21H2/t26-,27-,28+,29-,30-/m1/s1. The number of alkyl halides is 2. The Morgan fingerprint density at radius 3 is 1.41 bits per heavy atom. The van der Waals surface area contributed by atoms with E-state index in [-0.39, 0.29) is 12.4 Å². The molecule has 9 heteroatoms. The van der Waals surface area contributed by atoms with E-state index in [1.165, 1.54) is 0 Å². The molecule has 4 aromatic rings. The van der Waals surface area contributed by atoms with Crippen molar-refractivity contribution in [1.82, 2.24) is 0 Å². The number of benzene rings is 4. The molecule has 41 heavy (non-hydrogen) atoms. The van der Waals surface area contributed by atoms with Gasteiger partial charge in [-0.25, -0.2) is 0 Å². The molecule has 1 saturated heterocycles. The molecular weight excluding hydrogens is 534 g/mol. The largest absolute Gasteiger partial charge is 0.491 e. The quantitative estimate of drug-likeness (QED) is 0.245. The summed E-state index contributed by atoms with van der Waals surface area (Å²) in [5.41, 5.74) is 0. The molecule has 1 aliphatic heterocycles. The summed E-state index contributed by atoms with van der Waals surface area (Å²) < 4.78 is 61.7. The summed E-state index contributed by atoms with van der Waals surface area (Å²) in [4.78, 5) is 0. The van der Waals surface area contributed by atoms with Crippen LogP contribution in [0.5, 0.6) is 23.0 Å². The van der Waals surface area contributed by atoms with Crippen molar-refractivity contribution in [2.75, 3.05) is 6.61 Å². The number of rotatable bonds is 11. The highest BCUT2D eigenvalue weighted by molar-refractivity contribution is 5.27. The normalized spacial score (nSPS) is 22.6. The lowest BCUT2D eigenvalue weighted by Gasteiger charge is -2.47. The van der Waals surface area contributed by atoms with E-state index in [9.17, 15) is 10.2 Å². The Morgan fingerprint density at radius 1 is 0.585 bits per heavy atom. The molecule has 2 N–H and O–H groups in total. The lowest BCUT2D eigenvalue weighted by Crippen LogP contribution is -2.69. The Morgan fingerprint density at radius 2 is 0.976 bits per heavy atom. The highest BCUT2D eigenvalue weighted by Gasteiger charge is 2.61. The predicted molar refractivity (Wildman–Crippen MR) is 146 cm³/mol. The Bertz CT molecular complexity index is 1330. The van der Waals surface area contributed by atoms with E-state index in [0.717, 1.165) is 0 Å². The number of hydrogen-bond donors (Lipinski definition) is 2. The number of para-hydroxylation sites is 4. The van der Waals surface area contributed by atoms with Gasteiger partial charge in [0.15, 0.2) is 24.4 Å².